The van der Waals surface area contributed by atoms with Gasteiger partial charge in [0.05, 0.1) is 0 Å². The lowest BCUT2D eigenvalue weighted by Crippen LogP contribution is -1.78. The Morgan fingerprint density at radius 1 is 1.20 bits per heavy atom. The van der Waals surface area contributed by atoms with Gasteiger partial charge in [0.2, 0.25) is 5.09 Å². The maximum Gasteiger partial charge on any atom is 0.230 e. The quantitative estimate of drug-likeness (QED) is 0.780. The van der Waals surface area contributed by atoms with E-state index in [1.807, 2.05) is 18.2 Å². The second-order valence-corrected chi connectivity index (χ2v) is 4.98. The van der Waals surface area contributed by atoms with E-state index < -0.39 is 10.8 Å². The molecule has 2 rings (SSSR count). The fourth-order valence-electron chi connectivity index (χ4n) is 1.17. The van der Waals surface area contributed by atoms with Gasteiger partial charge in [-0.2, -0.15) is 0 Å². The van der Waals surface area contributed by atoms with E-state index in [1.165, 1.54) is 6.07 Å². The third kappa shape index (κ3) is 2.18. The standard InChI is InChI=1S/C10H9F2NOS/c1-15(11,12)10-7-9(13-14-10)8-5-3-2-4-6-8/h2-7H,1H3. The Bertz CT molecular complexity index is 450. The van der Waals surface area contributed by atoms with Crippen LogP contribution in [0.1, 0.15) is 0 Å². The van der Waals surface area contributed by atoms with Crippen molar-refractivity contribution in [3.05, 3.63) is 36.4 Å². The van der Waals surface area contributed by atoms with Gasteiger partial charge in [-0.05, 0) is 0 Å². The molecule has 0 unspecified atom stereocenters. The number of rotatable bonds is 2. The molecule has 0 bridgehead atoms. The summed E-state index contributed by atoms with van der Waals surface area (Å²) in [4.78, 5) is 0. The summed E-state index contributed by atoms with van der Waals surface area (Å²) in [7, 11) is -3.82. The lowest BCUT2D eigenvalue weighted by atomic mass is 10.2. The largest absolute Gasteiger partial charge is 0.346 e. The van der Waals surface area contributed by atoms with Crippen molar-refractivity contribution < 1.29 is 12.3 Å². The van der Waals surface area contributed by atoms with Crippen LogP contribution in [0, 0.1) is 0 Å². The average Bonchev–Trinajstić information content (AvgIpc) is 2.67. The number of nitrogens with zero attached hydrogens (tertiary/aromatic N) is 1. The minimum atomic E-state index is -3.82. The van der Waals surface area contributed by atoms with Gasteiger partial charge in [-0.3, -0.25) is 0 Å². The third-order valence-electron chi connectivity index (χ3n) is 1.91. The molecule has 0 spiro atoms. The molecule has 0 aliphatic rings. The number of halogens is 2. The van der Waals surface area contributed by atoms with Gasteiger partial charge in [0.15, 0.2) is 0 Å². The normalized spacial score (nSPS) is 12.7. The monoisotopic (exact) mass is 229 g/mol. The first-order valence-corrected chi connectivity index (χ1v) is 6.11. The highest BCUT2D eigenvalue weighted by Gasteiger charge is 2.24. The molecule has 0 radical (unpaired) electrons. The van der Waals surface area contributed by atoms with Gasteiger partial charge in [-0.25, -0.2) is 0 Å². The predicted octanol–water partition coefficient (Wildman–Crippen LogP) is 3.90. The van der Waals surface area contributed by atoms with Crippen molar-refractivity contribution in [2.45, 2.75) is 5.09 Å². The Balaban J connectivity index is 2.37. The summed E-state index contributed by atoms with van der Waals surface area (Å²) < 4.78 is 30.5. The molecule has 0 fully saturated rings. The summed E-state index contributed by atoms with van der Waals surface area (Å²) in [5.74, 6) is 0. The predicted molar refractivity (Wildman–Crippen MR) is 55.9 cm³/mol. The molecule has 0 saturated carbocycles. The lowest BCUT2D eigenvalue weighted by molar-refractivity contribution is 0.341. The van der Waals surface area contributed by atoms with Crippen molar-refractivity contribution in [3.8, 4) is 11.3 Å². The van der Waals surface area contributed by atoms with Gasteiger partial charge < -0.3 is 4.52 Å². The van der Waals surface area contributed by atoms with Crippen molar-refractivity contribution in [3.63, 3.8) is 0 Å². The maximum absolute atomic E-state index is 12.9. The first-order valence-electron chi connectivity index (χ1n) is 4.27. The molecule has 0 N–H and O–H groups in total. The fourth-order valence-corrected chi connectivity index (χ4v) is 1.66. The van der Waals surface area contributed by atoms with E-state index in [-0.39, 0.29) is 5.09 Å². The molecule has 5 heteroatoms. The van der Waals surface area contributed by atoms with Crippen LogP contribution in [0.15, 0.2) is 46.0 Å². The lowest BCUT2D eigenvalue weighted by Gasteiger charge is -2.07. The van der Waals surface area contributed by atoms with Crippen LogP contribution in [0.5, 0.6) is 0 Å². The summed E-state index contributed by atoms with van der Waals surface area (Å²) in [6.45, 7) is 0. The van der Waals surface area contributed by atoms with E-state index in [0.717, 1.165) is 11.8 Å². The van der Waals surface area contributed by atoms with Crippen molar-refractivity contribution in [1.29, 1.82) is 0 Å². The van der Waals surface area contributed by atoms with Crippen LogP contribution in [-0.4, -0.2) is 11.4 Å². The fraction of sp³-hybridized carbons (Fsp3) is 0.100. The smallest absolute Gasteiger partial charge is 0.230 e. The molecule has 0 amide bonds. The molecule has 1 aromatic carbocycles. The van der Waals surface area contributed by atoms with Crippen LogP contribution in [0.4, 0.5) is 7.77 Å². The number of hydrogen-bond donors (Lipinski definition) is 0. The summed E-state index contributed by atoms with van der Waals surface area (Å²) in [5.41, 5.74) is 1.22. The zero-order valence-corrected chi connectivity index (χ0v) is 8.80. The first-order chi connectivity index (χ1) is 7.07. The Kier molecular flexibility index (Phi) is 2.48. The Morgan fingerprint density at radius 3 is 2.40 bits per heavy atom. The van der Waals surface area contributed by atoms with Crippen LogP contribution in [0.2, 0.25) is 0 Å². The van der Waals surface area contributed by atoms with Gasteiger partial charge in [-0.1, -0.05) is 35.5 Å². The van der Waals surface area contributed by atoms with Crippen LogP contribution >= 0.6 is 10.8 Å². The van der Waals surface area contributed by atoms with E-state index in [1.54, 1.807) is 12.1 Å². The molecule has 2 aromatic rings. The molecular weight excluding hydrogens is 220 g/mol. The van der Waals surface area contributed by atoms with Crippen LogP contribution in [-0.2, 0) is 0 Å². The van der Waals surface area contributed by atoms with Crippen LogP contribution in [0.25, 0.3) is 11.3 Å². The van der Waals surface area contributed by atoms with E-state index in [4.69, 9.17) is 0 Å². The summed E-state index contributed by atoms with van der Waals surface area (Å²) >= 11 is 0. The zero-order chi connectivity index (χ0) is 10.9. The highest BCUT2D eigenvalue weighted by Crippen LogP contribution is 2.56. The molecule has 0 aliphatic carbocycles. The molecule has 0 aliphatic heterocycles. The van der Waals surface area contributed by atoms with E-state index in [2.05, 4.69) is 9.68 Å². The van der Waals surface area contributed by atoms with Crippen LogP contribution < -0.4 is 0 Å². The molecule has 1 heterocycles. The SMILES string of the molecule is CS(F)(F)c1cc(-c2ccccc2)no1. The van der Waals surface area contributed by atoms with Gasteiger partial charge in [0.25, 0.3) is 0 Å². The minimum Gasteiger partial charge on any atom is -0.346 e. The molecule has 0 atom stereocenters. The molecule has 2 nitrogen and oxygen atoms in total. The number of aromatic nitrogens is 1. The van der Waals surface area contributed by atoms with E-state index in [0.29, 0.717) is 5.69 Å². The molecule has 15 heavy (non-hydrogen) atoms. The molecule has 80 valence electrons. The second-order valence-electron chi connectivity index (χ2n) is 3.12. The topological polar surface area (TPSA) is 26.0 Å². The van der Waals surface area contributed by atoms with Crippen molar-refractivity contribution >= 4 is 10.8 Å². The van der Waals surface area contributed by atoms with Gasteiger partial charge in [0, 0.05) is 17.9 Å². The Morgan fingerprint density at radius 2 is 1.87 bits per heavy atom. The first kappa shape index (κ1) is 10.2. The van der Waals surface area contributed by atoms with E-state index in [9.17, 15) is 7.77 Å². The highest BCUT2D eigenvalue weighted by molar-refractivity contribution is 8.24. The molecule has 0 saturated heterocycles. The summed E-state index contributed by atoms with van der Waals surface area (Å²) in [6.07, 6.45) is 0.863. The number of hydrogen-bond acceptors (Lipinski definition) is 2. The maximum atomic E-state index is 12.9. The van der Waals surface area contributed by atoms with Crippen molar-refractivity contribution in [2.75, 3.05) is 6.26 Å². The molecule has 1 aromatic heterocycles. The summed E-state index contributed by atoms with van der Waals surface area (Å²) in [5, 5.41) is 3.29. The van der Waals surface area contributed by atoms with E-state index >= 15 is 0 Å². The van der Waals surface area contributed by atoms with Gasteiger partial charge in [0.1, 0.15) is 16.5 Å². The summed E-state index contributed by atoms with van der Waals surface area (Å²) in [6, 6.07) is 10.4. The third-order valence-corrected chi connectivity index (χ3v) is 2.81. The van der Waals surface area contributed by atoms with Gasteiger partial charge >= 0.3 is 0 Å². The average molecular weight is 229 g/mol. The van der Waals surface area contributed by atoms with Crippen LogP contribution in [0.3, 0.4) is 0 Å². The Hall–Kier alpha value is -1.36. The second kappa shape index (κ2) is 3.66. The number of benzene rings is 1. The zero-order valence-electron chi connectivity index (χ0n) is 7.98. The molecular formula is C10H9F2NOS. The van der Waals surface area contributed by atoms with Crippen molar-refractivity contribution in [1.82, 2.24) is 5.16 Å². The van der Waals surface area contributed by atoms with Crippen molar-refractivity contribution in [2.24, 2.45) is 0 Å². The Labute approximate surface area is 87.8 Å². The highest BCUT2D eigenvalue weighted by atomic mass is 32.3. The minimum absolute atomic E-state index is 0.332. The van der Waals surface area contributed by atoms with Gasteiger partial charge in [-0.15, -0.1) is 7.77 Å².